The molecule has 0 radical (unpaired) electrons. The summed E-state index contributed by atoms with van der Waals surface area (Å²) < 4.78 is 8.27. The Labute approximate surface area is 126 Å². The molecule has 1 aromatic carbocycles. The first-order valence-electron chi connectivity index (χ1n) is 7.98. The molecule has 0 spiro atoms. The van der Waals surface area contributed by atoms with E-state index in [2.05, 4.69) is 49.0 Å². The maximum Gasteiger partial charge on any atom is 0.111 e. The van der Waals surface area contributed by atoms with Gasteiger partial charge in [0.2, 0.25) is 0 Å². The van der Waals surface area contributed by atoms with Crippen LogP contribution in [0, 0.1) is 0 Å². The lowest BCUT2D eigenvalue weighted by molar-refractivity contribution is 0.0319. The molecule has 0 amide bonds. The number of nitrogens with one attached hydrogen (secondary N) is 1. The Morgan fingerprint density at radius 3 is 2.86 bits per heavy atom. The molecule has 1 saturated heterocycles. The molecule has 3 rings (SSSR count). The lowest BCUT2D eigenvalue weighted by atomic mass is 10.0. The quantitative estimate of drug-likeness (QED) is 0.919. The van der Waals surface area contributed by atoms with Crippen LogP contribution in [0.3, 0.4) is 0 Å². The highest BCUT2D eigenvalue weighted by Crippen LogP contribution is 2.24. The molecule has 2 heterocycles. The zero-order valence-electron chi connectivity index (χ0n) is 13.2. The van der Waals surface area contributed by atoms with Gasteiger partial charge < -0.3 is 14.6 Å². The molecule has 2 aromatic rings. The van der Waals surface area contributed by atoms with Crippen LogP contribution in [-0.2, 0) is 18.2 Å². The molecule has 0 bridgehead atoms. The van der Waals surface area contributed by atoms with Gasteiger partial charge in [-0.1, -0.05) is 19.1 Å². The Balaban J connectivity index is 1.82. The van der Waals surface area contributed by atoms with Crippen LogP contribution in [0.5, 0.6) is 0 Å². The van der Waals surface area contributed by atoms with E-state index in [4.69, 9.17) is 9.72 Å². The molecule has 0 aliphatic carbocycles. The normalized spacial score (nSPS) is 23.8. The molecule has 21 heavy (non-hydrogen) atoms. The van der Waals surface area contributed by atoms with Gasteiger partial charge in [-0.3, -0.25) is 0 Å². The van der Waals surface area contributed by atoms with E-state index in [9.17, 15) is 0 Å². The molecule has 114 valence electrons. The lowest BCUT2D eigenvalue weighted by Gasteiger charge is -2.24. The summed E-state index contributed by atoms with van der Waals surface area (Å²) in [5.74, 6) is 1.13. The summed E-state index contributed by atoms with van der Waals surface area (Å²) in [6.45, 7) is 5.28. The Bertz CT molecular complexity index is 607. The predicted octanol–water partition coefficient (Wildman–Crippen LogP) is 2.66. The highest BCUT2D eigenvalue weighted by atomic mass is 16.5. The molecule has 1 aliphatic rings. The van der Waals surface area contributed by atoms with Crippen molar-refractivity contribution in [3.05, 3.63) is 30.1 Å². The zero-order valence-corrected chi connectivity index (χ0v) is 13.2. The van der Waals surface area contributed by atoms with E-state index in [1.54, 1.807) is 0 Å². The number of imidazole rings is 1. The second-order valence-corrected chi connectivity index (χ2v) is 6.01. The fourth-order valence-electron chi connectivity index (χ4n) is 3.30. The maximum absolute atomic E-state index is 6.06. The fourth-order valence-corrected chi connectivity index (χ4v) is 3.30. The van der Waals surface area contributed by atoms with Crippen molar-refractivity contribution in [1.29, 1.82) is 0 Å². The summed E-state index contributed by atoms with van der Waals surface area (Å²) in [6, 6.07) is 8.66. The number of likely N-dealkylation sites (N-methyl/N-ethyl adjacent to an activating group) is 1. The van der Waals surface area contributed by atoms with E-state index in [0.717, 1.165) is 37.1 Å². The van der Waals surface area contributed by atoms with Crippen molar-refractivity contribution in [2.45, 2.75) is 51.4 Å². The van der Waals surface area contributed by atoms with E-state index < -0.39 is 0 Å². The first-order valence-corrected chi connectivity index (χ1v) is 7.98. The average Bonchev–Trinajstić information content (AvgIpc) is 3.04. The molecule has 1 aliphatic heterocycles. The van der Waals surface area contributed by atoms with Gasteiger partial charge in [0.15, 0.2) is 0 Å². The number of aromatic nitrogens is 2. The van der Waals surface area contributed by atoms with Gasteiger partial charge in [0.05, 0.1) is 23.2 Å². The van der Waals surface area contributed by atoms with Crippen LogP contribution in [0.1, 0.15) is 32.5 Å². The van der Waals surface area contributed by atoms with Gasteiger partial charge in [-0.2, -0.15) is 0 Å². The van der Waals surface area contributed by atoms with Crippen molar-refractivity contribution in [2.24, 2.45) is 7.05 Å². The monoisotopic (exact) mass is 287 g/mol. The van der Waals surface area contributed by atoms with Crippen molar-refractivity contribution in [3.63, 3.8) is 0 Å². The number of para-hydroxylation sites is 2. The molecule has 3 unspecified atom stereocenters. The Hall–Kier alpha value is -1.39. The molecule has 1 aromatic heterocycles. The van der Waals surface area contributed by atoms with E-state index in [1.165, 1.54) is 5.52 Å². The topological polar surface area (TPSA) is 39.1 Å². The lowest BCUT2D eigenvalue weighted by Crippen LogP contribution is -2.42. The van der Waals surface area contributed by atoms with Gasteiger partial charge in [-0.05, 0) is 38.4 Å². The minimum absolute atomic E-state index is 0.305. The Morgan fingerprint density at radius 1 is 1.38 bits per heavy atom. The zero-order chi connectivity index (χ0) is 14.8. The van der Waals surface area contributed by atoms with Gasteiger partial charge in [0, 0.05) is 19.5 Å². The molecular formula is C17H25N3O. The number of rotatable bonds is 5. The van der Waals surface area contributed by atoms with Gasteiger partial charge >= 0.3 is 0 Å². The van der Waals surface area contributed by atoms with Crippen LogP contribution in [0.15, 0.2) is 24.3 Å². The van der Waals surface area contributed by atoms with Crippen molar-refractivity contribution in [3.8, 4) is 0 Å². The maximum atomic E-state index is 6.06. The summed E-state index contributed by atoms with van der Waals surface area (Å²) in [6.07, 6.45) is 3.91. The van der Waals surface area contributed by atoms with Gasteiger partial charge in [-0.15, -0.1) is 0 Å². The Morgan fingerprint density at radius 2 is 2.19 bits per heavy atom. The minimum atomic E-state index is 0.305. The molecule has 3 atom stereocenters. The van der Waals surface area contributed by atoms with Crippen LogP contribution in [0.2, 0.25) is 0 Å². The van der Waals surface area contributed by atoms with Crippen molar-refractivity contribution in [1.82, 2.24) is 14.9 Å². The third-order valence-electron chi connectivity index (χ3n) is 4.46. The van der Waals surface area contributed by atoms with Gasteiger partial charge in [0.1, 0.15) is 5.82 Å². The predicted molar refractivity (Wildman–Crippen MR) is 85.5 cm³/mol. The number of fused-ring (bicyclic) bond motifs is 1. The van der Waals surface area contributed by atoms with Crippen LogP contribution < -0.4 is 5.32 Å². The smallest absolute Gasteiger partial charge is 0.111 e. The number of nitrogens with zero attached hydrogens (tertiary/aromatic N) is 2. The van der Waals surface area contributed by atoms with Gasteiger partial charge in [-0.25, -0.2) is 4.98 Å². The van der Waals surface area contributed by atoms with Crippen molar-refractivity contribution >= 4 is 11.0 Å². The second kappa shape index (κ2) is 6.16. The van der Waals surface area contributed by atoms with Crippen LogP contribution >= 0.6 is 0 Å². The minimum Gasteiger partial charge on any atom is -0.374 e. The summed E-state index contributed by atoms with van der Waals surface area (Å²) in [5.41, 5.74) is 2.27. The number of ether oxygens (including phenoxy) is 1. The van der Waals surface area contributed by atoms with E-state index in [0.29, 0.717) is 18.2 Å². The second-order valence-electron chi connectivity index (χ2n) is 6.01. The largest absolute Gasteiger partial charge is 0.374 e. The van der Waals surface area contributed by atoms with Crippen LogP contribution in [0.25, 0.3) is 11.0 Å². The highest BCUT2D eigenvalue weighted by Gasteiger charge is 2.30. The SMILES string of the molecule is CCNC(Cc1nc2ccccc2n1C)C1CCC(C)O1. The summed E-state index contributed by atoms with van der Waals surface area (Å²) in [4.78, 5) is 4.79. The van der Waals surface area contributed by atoms with Crippen LogP contribution in [-0.4, -0.2) is 34.3 Å². The number of hydrogen-bond donors (Lipinski definition) is 1. The number of hydrogen-bond acceptors (Lipinski definition) is 3. The molecular weight excluding hydrogens is 262 g/mol. The first kappa shape index (κ1) is 14.5. The molecule has 1 fully saturated rings. The molecule has 4 nitrogen and oxygen atoms in total. The van der Waals surface area contributed by atoms with Crippen LogP contribution in [0.4, 0.5) is 0 Å². The average molecular weight is 287 g/mol. The van der Waals surface area contributed by atoms with E-state index in [1.807, 2.05) is 6.07 Å². The first-order chi connectivity index (χ1) is 10.2. The third-order valence-corrected chi connectivity index (χ3v) is 4.46. The highest BCUT2D eigenvalue weighted by molar-refractivity contribution is 5.75. The standard InChI is InChI=1S/C17H25N3O/c1-4-18-14(16-10-9-12(2)21-16)11-17-19-13-7-5-6-8-15(13)20(17)3/h5-8,12,14,16,18H,4,9-11H2,1-3H3. The summed E-state index contributed by atoms with van der Waals surface area (Å²) >= 11 is 0. The molecule has 4 heteroatoms. The van der Waals surface area contributed by atoms with Crippen molar-refractivity contribution < 1.29 is 4.74 Å². The summed E-state index contributed by atoms with van der Waals surface area (Å²) in [7, 11) is 2.10. The number of aryl methyl sites for hydroxylation is 1. The summed E-state index contributed by atoms with van der Waals surface area (Å²) in [5, 5.41) is 3.59. The third kappa shape index (κ3) is 2.97. The van der Waals surface area contributed by atoms with Gasteiger partial charge in [0.25, 0.3) is 0 Å². The Kier molecular flexibility index (Phi) is 4.27. The van der Waals surface area contributed by atoms with Crippen molar-refractivity contribution in [2.75, 3.05) is 6.54 Å². The fraction of sp³-hybridized carbons (Fsp3) is 0.588. The molecule has 1 N–H and O–H groups in total. The van der Waals surface area contributed by atoms with E-state index >= 15 is 0 Å². The number of benzene rings is 1. The van der Waals surface area contributed by atoms with E-state index in [-0.39, 0.29) is 0 Å². The molecule has 0 saturated carbocycles.